The van der Waals surface area contributed by atoms with Gasteiger partial charge < -0.3 is 5.11 Å². The Morgan fingerprint density at radius 3 is 2.61 bits per heavy atom. The largest absolute Gasteiger partial charge is 0.388 e. The molecular formula is C15H20BrIO. The monoisotopic (exact) mass is 422 g/mol. The molecule has 0 aromatic heterocycles. The van der Waals surface area contributed by atoms with Crippen LogP contribution < -0.4 is 0 Å². The zero-order chi connectivity index (χ0) is 13.1. The van der Waals surface area contributed by atoms with Crippen LogP contribution in [0, 0.1) is 15.4 Å². The number of hydrogen-bond acceptors (Lipinski definition) is 1. The molecule has 0 amide bonds. The van der Waals surface area contributed by atoms with Gasteiger partial charge in [0.05, 0.1) is 6.10 Å². The van der Waals surface area contributed by atoms with Crippen molar-refractivity contribution in [3.05, 3.63) is 31.8 Å². The third kappa shape index (κ3) is 3.48. The first-order valence-corrected chi connectivity index (χ1v) is 8.62. The van der Waals surface area contributed by atoms with Crippen LogP contribution in [-0.2, 0) is 0 Å². The minimum Gasteiger partial charge on any atom is -0.388 e. The summed E-state index contributed by atoms with van der Waals surface area (Å²) in [6.07, 6.45) is 5.89. The Morgan fingerprint density at radius 1 is 1.33 bits per heavy atom. The van der Waals surface area contributed by atoms with Crippen molar-refractivity contribution in [2.75, 3.05) is 0 Å². The molecular weight excluding hydrogens is 403 g/mol. The van der Waals surface area contributed by atoms with Gasteiger partial charge >= 0.3 is 0 Å². The lowest BCUT2D eigenvalue weighted by atomic mass is 9.77. The smallest absolute Gasteiger partial charge is 0.0828 e. The van der Waals surface area contributed by atoms with Crippen LogP contribution in [0.1, 0.15) is 50.7 Å². The quantitative estimate of drug-likeness (QED) is 0.655. The van der Waals surface area contributed by atoms with Crippen LogP contribution in [0.2, 0.25) is 0 Å². The van der Waals surface area contributed by atoms with Crippen LogP contribution in [0.25, 0.3) is 0 Å². The highest BCUT2D eigenvalue weighted by molar-refractivity contribution is 14.1. The second kappa shape index (κ2) is 6.71. The lowest BCUT2D eigenvalue weighted by molar-refractivity contribution is 0.0723. The highest BCUT2D eigenvalue weighted by Gasteiger charge is 2.27. The first-order chi connectivity index (χ1) is 8.61. The Bertz CT molecular complexity index is 399. The molecule has 1 aliphatic carbocycles. The van der Waals surface area contributed by atoms with Crippen LogP contribution in [0.5, 0.6) is 0 Å². The average Bonchev–Trinajstić information content (AvgIpc) is 2.41. The van der Waals surface area contributed by atoms with Gasteiger partial charge in [-0.3, -0.25) is 0 Å². The van der Waals surface area contributed by atoms with Crippen molar-refractivity contribution in [1.82, 2.24) is 0 Å². The SMILES string of the molecule is CCC1CCC(C(O)c2cc(Br)ccc2I)CC1. The lowest BCUT2D eigenvalue weighted by Crippen LogP contribution is -2.20. The molecule has 1 saturated carbocycles. The van der Waals surface area contributed by atoms with Crippen molar-refractivity contribution in [3.63, 3.8) is 0 Å². The predicted molar refractivity (Wildman–Crippen MR) is 87.6 cm³/mol. The van der Waals surface area contributed by atoms with Crippen LogP contribution in [0.3, 0.4) is 0 Å². The molecule has 18 heavy (non-hydrogen) atoms. The van der Waals surface area contributed by atoms with E-state index in [0.29, 0.717) is 5.92 Å². The molecule has 1 unspecified atom stereocenters. The molecule has 0 spiro atoms. The molecule has 1 aliphatic rings. The molecule has 3 heteroatoms. The molecule has 1 aromatic rings. The molecule has 1 aromatic carbocycles. The summed E-state index contributed by atoms with van der Waals surface area (Å²) in [6, 6.07) is 6.17. The fourth-order valence-corrected chi connectivity index (χ4v) is 3.94. The number of aliphatic hydroxyl groups excluding tert-OH is 1. The molecule has 0 radical (unpaired) electrons. The van der Waals surface area contributed by atoms with Crippen molar-refractivity contribution >= 4 is 38.5 Å². The van der Waals surface area contributed by atoms with Crippen molar-refractivity contribution < 1.29 is 5.11 Å². The van der Waals surface area contributed by atoms with Crippen LogP contribution in [0.4, 0.5) is 0 Å². The molecule has 0 aliphatic heterocycles. The minimum absolute atomic E-state index is 0.299. The van der Waals surface area contributed by atoms with E-state index in [1.165, 1.54) is 35.7 Å². The molecule has 2 rings (SSSR count). The van der Waals surface area contributed by atoms with Gasteiger partial charge in [0.15, 0.2) is 0 Å². The first-order valence-electron chi connectivity index (χ1n) is 6.74. The zero-order valence-corrected chi connectivity index (χ0v) is 14.4. The Morgan fingerprint density at radius 2 is 2.00 bits per heavy atom. The summed E-state index contributed by atoms with van der Waals surface area (Å²) < 4.78 is 2.22. The Labute approximate surface area is 132 Å². The number of benzene rings is 1. The van der Waals surface area contributed by atoms with Gasteiger partial charge in [0.25, 0.3) is 0 Å². The number of rotatable bonds is 3. The summed E-state index contributed by atoms with van der Waals surface area (Å²) in [4.78, 5) is 0. The maximum absolute atomic E-state index is 10.6. The molecule has 1 atom stereocenters. The standard InChI is InChI=1S/C15H20BrIO/c1-2-10-3-5-11(6-4-10)15(18)13-9-12(16)7-8-14(13)17/h7-11,15,18H,2-6H2,1H3. The van der Waals surface area contributed by atoms with Gasteiger partial charge in [-0.2, -0.15) is 0 Å². The van der Waals surface area contributed by atoms with Gasteiger partial charge in [0, 0.05) is 8.04 Å². The Kier molecular flexibility index (Phi) is 5.51. The summed E-state index contributed by atoms with van der Waals surface area (Å²) >= 11 is 5.81. The van der Waals surface area contributed by atoms with Crippen molar-refractivity contribution in [1.29, 1.82) is 0 Å². The molecule has 1 nitrogen and oxygen atoms in total. The van der Waals surface area contributed by atoms with Crippen molar-refractivity contribution in [3.8, 4) is 0 Å². The van der Waals surface area contributed by atoms with Crippen LogP contribution in [0.15, 0.2) is 22.7 Å². The van der Waals surface area contributed by atoms with E-state index in [-0.39, 0.29) is 6.10 Å². The molecule has 0 heterocycles. The van der Waals surface area contributed by atoms with E-state index in [0.717, 1.165) is 16.0 Å². The Balaban J connectivity index is 2.07. The van der Waals surface area contributed by atoms with Crippen LogP contribution in [-0.4, -0.2) is 5.11 Å². The first kappa shape index (κ1) is 14.8. The molecule has 1 N–H and O–H groups in total. The summed E-state index contributed by atoms with van der Waals surface area (Å²) in [6.45, 7) is 2.28. The summed E-state index contributed by atoms with van der Waals surface area (Å²) in [5.74, 6) is 1.32. The van der Waals surface area contributed by atoms with E-state index >= 15 is 0 Å². The van der Waals surface area contributed by atoms with Gasteiger partial charge in [-0.1, -0.05) is 42.1 Å². The topological polar surface area (TPSA) is 20.2 Å². The van der Waals surface area contributed by atoms with E-state index in [4.69, 9.17) is 0 Å². The second-order valence-corrected chi connectivity index (χ2v) is 7.38. The highest BCUT2D eigenvalue weighted by Crippen LogP contribution is 2.39. The summed E-state index contributed by atoms with van der Waals surface area (Å²) in [5, 5.41) is 10.6. The maximum atomic E-state index is 10.6. The highest BCUT2D eigenvalue weighted by atomic mass is 127. The number of aliphatic hydroxyl groups is 1. The third-order valence-electron chi connectivity index (χ3n) is 4.19. The Hall–Kier alpha value is 0.390. The fourth-order valence-electron chi connectivity index (χ4n) is 2.91. The third-order valence-corrected chi connectivity index (χ3v) is 5.67. The van der Waals surface area contributed by atoms with Crippen LogP contribution >= 0.6 is 38.5 Å². The molecule has 1 fully saturated rings. The predicted octanol–water partition coefficient (Wildman–Crippen LogP) is 5.30. The van der Waals surface area contributed by atoms with Gasteiger partial charge in [-0.15, -0.1) is 0 Å². The van der Waals surface area contributed by atoms with E-state index in [1.54, 1.807) is 0 Å². The second-order valence-electron chi connectivity index (χ2n) is 5.30. The summed E-state index contributed by atoms with van der Waals surface area (Å²) in [5.41, 5.74) is 1.09. The minimum atomic E-state index is -0.299. The van der Waals surface area contributed by atoms with Gasteiger partial charge in [-0.25, -0.2) is 0 Å². The van der Waals surface area contributed by atoms with E-state index in [9.17, 15) is 5.11 Å². The number of halogens is 2. The number of hydrogen-bond donors (Lipinski definition) is 1. The van der Waals surface area contributed by atoms with E-state index in [1.807, 2.05) is 6.07 Å². The maximum Gasteiger partial charge on any atom is 0.0828 e. The van der Waals surface area contributed by atoms with Gasteiger partial charge in [0.2, 0.25) is 0 Å². The van der Waals surface area contributed by atoms with Crippen molar-refractivity contribution in [2.24, 2.45) is 11.8 Å². The molecule has 0 saturated heterocycles. The normalized spacial score (nSPS) is 26.0. The fraction of sp³-hybridized carbons (Fsp3) is 0.600. The average molecular weight is 423 g/mol. The van der Waals surface area contributed by atoms with Gasteiger partial charge in [0.1, 0.15) is 0 Å². The lowest BCUT2D eigenvalue weighted by Gasteiger charge is -2.31. The van der Waals surface area contributed by atoms with Crippen molar-refractivity contribution in [2.45, 2.75) is 45.1 Å². The van der Waals surface area contributed by atoms with E-state index < -0.39 is 0 Å². The van der Waals surface area contributed by atoms with Gasteiger partial charge in [-0.05, 0) is 71.0 Å². The molecule has 100 valence electrons. The van der Waals surface area contributed by atoms with E-state index in [2.05, 4.69) is 57.6 Å². The molecule has 0 bridgehead atoms. The zero-order valence-electron chi connectivity index (χ0n) is 10.7. The summed E-state index contributed by atoms with van der Waals surface area (Å²) in [7, 11) is 0.